The maximum Gasteiger partial charge on any atom is 0.338 e. The first kappa shape index (κ1) is 22.6. The second-order valence-corrected chi connectivity index (χ2v) is 7.48. The van der Waals surface area contributed by atoms with Crippen LogP contribution in [0, 0.1) is 6.92 Å². The molecular formula is C24H31N3O4. The standard InChI is InChI=1S/C24H31N3O4/c1-4-26-12-14-27(15-13-26)21-11-10-19(24(29)30-5-2)16-20(21)25-23(28)17-31-22-9-7-6-8-18(22)3/h6-11,16H,4-5,12-15,17H2,1-3H3,(H,25,28). The lowest BCUT2D eigenvalue weighted by Gasteiger charge is -2.36. The van der Waals surface area contributed by atoms with E-state index in [4.69, 9.17) is 9.47 Å². The summed E-state index contributed by atoms with van der Waals surface area (Å²) in [4.78, 5) is 29.5. The van der Waals surface area contributed by atoms with E-state index in [9.17, 15) is 9.59 Å². The summed E-state index contributed by atoms with van der Waals surface area (Å²) < 4.78 is 10.8. The number of nitrogens with one attached hydrogen (secondary N) is 1. The second kappa shape index (κ2) is 10.8. The fourth-order valence-electron chi connectivity index (χ4n) is 3.61. The van der Waals surface area contributed by atoms with Crippen molar-refractivity contribution in [2.45, 2.75) is 20.8 Å². The summed E-state index contributed by atoms with van der Waals surface area (Å²) in [6, 6.07) is 12.9. The van der Waals surface area contributed by atoms with E-state index in [1.54, 1.807) is 19.1 Å². The van der Waals surface area contributed by atoms with E-state index < -0.39 is 5.97 Å². The Morgan fingerprint density at radius 1 is 1.03 bits per heavy atom. The number of hydrogen-bond donors (Lipinski definition) is 1. The van der Waals surface area contributed by atoms with E-state index in [1.807, 2.05) is 37.3 Å². The molecule has 0 aromatic heterocycles. The number of para-hydroxylation sites is 1. The topological polar surface area (TPSA) is 71.1 Å². The molecule has 1 N–H and O–H groups in total. The number of benzene rings is 2. The molecule has 2 aromatic carbocycles. The zero-order valence-electron chi connectivity index (χ0n) is 18.5. The molecule has 0 bridgehead atoms. The molecule has 0 saturated carbocycles. The first-order chi connectivity index (χ1) is 15.0. The van der Waals surface area contributed by atoms with Crippen molar-refractivity contribution >= 4 is 23.3 Å². The fraction of sp³-hybridized carbons (Fsp3) is 0.417. The van der Waals surface area contributed by atoms with Crippen molar-refractivity contribution in [3.05, 3.63) is 53.6 Å². The minimum absolute atomic E-state index is 0.114. The highest BCUT2D eigenvalue weighted by Gasteiger charge is 2.21. The highest BCUT2D eigenvalue weighted by Crippen LogP contribution is 2.29. The van der Waals surface area contributed by atoms with Crippen molar-refractivity contribution in [3.8, 4) is 5.75 Å². The van der Waals surface area contributed by atoms with Gasteiger partial charge in [-0.1, -0.05) is 25.1 Å². The summed E-state index contributed by atoms with van der Waals surface area (Å²) in [5.41, 5.74) is 2.86. The highest BCUT2D eigenvalue weighted by atomic mass is 16.5. The van der Waals surface area contributed by atoms with Crippen molar-refractivity contribution in [2.75, 3.05) is 56.2 Å². The number of nitrogens with zero attached hydrogens (tertiary/aromatic N) is 2. The van der Waals surface area contributed by atoms with E-state index in [0.29, 0.717) is 23.6 Å². The van der Waals surface area contributed by atoms with Crippen LogP contribution in [-0.4, -0.2) is 62.7 Å². The number of ether oxygens (including phenoxy) is 2. The van der Waals surface area contributed by atoms with Gasteiger partial charge in [0, 0.05) is 26.2 Å². The molecular weight excluding hydrogens is 394 g/mol. The predicted octanol–water partition coefficient (Wildman–Crippen LogP) is 3.33. The van der Waals surface area contributed by atoms with Gasteiger partial charge in [0.25, 0.3) is 5.91 Å². The number of anilines is 2. The molecule has 3 rings (SSSR count). The number of hydrogen-bond acceptors (Lipinski definition) is 6. The van der Waals surface area contributed by atoms with Gasteiger partial charge in [-0.3, -0.25) is 4.79 Å². The summed E-state index contributed by atoms with van der Waals surface area (Å²) in [5, 5.41) is 2.93. The van der Waals surface area contributed by atoms with E-state index in [-0.39, 0.29) is 12.5 Å². The minimum Gasteiger partial charge on any atom is -0.483 e. The van der Waals surface area contributed by atoms with Crippen LogP contribution in [0.15, 0.2) is 42.5 Å². The Morgan fingerprint density at radius 3 is 2.45 bits per heavy atom. The van der Waals surface area contributed by atoms with Crippen LogP contribution in [0.1, 0.15) is 29.8 Å². The third kappa shape index (κ3) is 5.98. The van der Waals surface area contributed by atoms with Crippen LogP contribution < -0.4 is 15.0 Å². The first-order valence-electron chi connectivity index (χ1n) is 10.8. The number of piperazine rings is 1. The minimum atomic E-state index is -0.406. The third-order valence-corrected chi connectivity index (χ3v) is 5.39. The molecule has 1 heterocycles. The monoisotopic (exact) mass is 425 g/mol. The molecule has 0 spiro atoms. The molecule has 1 aliphatic heterocycles. The Labute approximate surface area is 183 Å². The van der Waals surface area contributed by atoms with Gasteiger partial charge in [-0.15, -0.1) is 0 Å². The first-order valence-corrected chi connectivity index (χ1v) is 10.8. The summed E-state index contributed by atoms with van der Waals surface area (Å²) in [5.74, 6) is -0.0111. The number of carbonyl (C=O) groups is 2. The van der Waals surface area contributed by atoms with Gasteiger partial charge in [0.1, 0.15) is 5.75 Å². The number of amides is 1. The fourth-order valence-corrected chi connectivity index (χ4v) is 3.61. The molecule has 7 nitrogen and oxygen atoms in total. The smallest absolute Gasteiger partial charge is 0.338 e. The van der Waals surface area contributed by atoms with Gasteiger partial charge in [-0.2, -0.15) is 0 Å². The molecule has 0 aliphatic carbocycles. The molecule has 1 saturated heterocycles. The number of esters is 1. The third-order valence-electron chi connectivity index (χ3n) is 5.39. The van der Waals surface area contributed by atoms with Crippen LogP contribution in [0.25, 0.3) is 0 Å². The van der Waals surface area contributed by atoms with Gasteiger partial charge < -0.3 is 24.6 Å². The van der Waals surface area contributed by atoms with Gasteiger partial charge in [0.2, 0.25) is 0 Å². The predicted molar refractivity (Wildman–Crippen MR) is 122 cm³/mol. The number of aryl methyl sites for hydroxylation is 1. The maximum atomic E-state index is 12.7. The van der Waals surface area contributed by atoms with Crippen LogP contribution in [0.4, 0.5) is 11.4 Å². The van der Waals surface area contributed by atoms with Gasteiger partial charge >= 0.3 is 5.97 Å². The zero-order chi connectivity index (χ0) is 22.2. The average Bonchev–Trinajstić information content (AvgIpc) is 2.79. The van der Waals surface area contributed by atoms with Crippen molar-refractivity contribution in [1.82, 2.24) is 4.90 Å². The molecule has 31 heavy (non-hydrogen) atoms. The van der Waals surface area contributed by atoms with Gasteiger partial charge in [0.15, 0.2) is 6.61 Å². The van der Waals surface area contributed by atoms with Crippen molar-refractivity contribution in [1.29, 1.82) is 0 Å². The Kier molecular flexibility index (Phi) is 7.89. The summed E-state index contributed by atoms with van der Waals surface area (Å²) >= 11 is 0. The van der Waals surface area contributed by atoms with Gasteiger partial charge in [0.05, 0.1) is 23.5 Å². The highest BCUT2D eigenvalue weighted by molar-refractivity contribution is 5.98. The molecule has 166 valence electrons. The van der Waals surface area contributed by atoms with Crippen LogP contribution >= 0.6 is 0 Å². The summed E-state index contributed by atoms with van der Waals surface area (Å²) in [6.45, 7) is 10.7. The quantitative estimate of drug-likeness (QED) is 0.654. The molecule has 1 fully saturated rings. The average molecular weight is 426 g/mol. The SMILES string of the molecule is CCOC(=O)c1ccc(N2CCN(CC)CC2)c(NC(=O)COc2ccccc2C)c1. The number of rotatable bonds is 8. The molecule has 2 aromatic rings. The maximum absolute atomic E-state index is 12.7. The zero-order valence-corrected chi connectivity index (χ0v) is 18.5. The van der Waals surface area contributed by atoms with Crippen LogP contribution in [0.2, 0.25) is 0 Å². The van der Waals surface area contributed by atoms with Gasteiger partial charge in [-0.05, 0) is 50.2 Å². The lowest BCUT2D eigenvalue weighted by Crippen LogP contribution is -2.46. The Balaban J connectivity index is 1.76. The normalized spacial score (nSPS) is 14.2. The molecule has 0 atom stereocenters. The number of likely N-dealkylation sites (N-methyl/N-ethyl adjacent to an activating group) is 1. The summed E-state index contributed by atoms with van der Waals surface area (Å²) in [6.07, 6.45) is 0. The lowest BCUT2D eigenvalue weighted by molar-refractivity contribution is -0.118. The molecule has 1 amide bonds. The van der Waals surface area contributed by atoms with Crippen molar-refractivity contribution < 1.29 is 19.1 Å². The van der Waals surface area contributed by atoms with Crippen LogP contribution in [0.5, 0.6) is 5.75 Å². The number of carbonyl (C=O) groups excluding carboxylic acids is 2. The Bertz CT molecular complexity index is 907. The molecule has 0 unspecified atom stereocenters. The molecule has 7 heteroatoms. The molecule has 1 aliphatic rings. The van der Waals surface area contributed by atoms with E-state index in [2.05, 4.69) is 22.0 Å². The second-order valence-electron chi connectivity index (χ2n) is 7.48. The Hall–Kier alpha value is -3.06. The van der Waals surface area contributed by atoms with E-state index >= 15 is 0 Å². The Morgan fingerprint density at radius 2 is 1.77 bits per heavy atom. The van der Waals surface area contributed by atoms with Gasteiger partial charge in [-0.25, -0.2) is 4.79 Å². The molecule has 0 radical (unpaired) electrons. The summed E-state index contributed by atoms with van der Waals surface area (Å²) in [7, 11) is 0. The lowest BCUT2D eigenvalue weighted by atomic mass is 10.1. The largest absolute Gasteiger partial charge is 0.483 e. The van der Waals surface area contributed by atoms with Crippen LogP contribution in [0.3, 0.4) is 0 Å². The van der Waals surface area contributed by atoms with E-state index in [0.717, 1.165) is 44.0 Å². The van der Waals surface area contributed by atoms with Crippen molar-refractivity contribution in [3.63, 3.8) is 0 Å². The van der Waals surface area contributed by atoms with Crippen LogP contribution in [-0.2, 0) is 9.53 Å². The van der Waals surface area contributed by atoms with E-state index in [1.165, 1.54) is 0 Å². The van der Waals surface area contributed by atoms with Crippen molar-refractivity contribution in [2.24, 2.45) is 0 Å².